The van der Waals surface area contributed by atoms with Gasteiger partial charge in [-0.25, -0.2) is 4.37 Å². The highest BCUT2D eigenvalue weighted by Gasteiger charge is 2.07. The van der Waals surface area contributed by atoms with E-state index in [1.165, 1.54) is 11.5 Å². The number of nitrogens with zero attached hydrogens (tertiary/aromatic N) is 1. The maximum Gasteiger partial charge on any atom is 0.267 e. The fraction of sp³-hybridized carbons (Fsp3) is 0.167. The van der Waals surface area contributed by atoms with Gasteiger partial charge in [0.15, 0.2) is 0 Å². The summed E-state index contributed by atoms with van der Waals surface area (Å²) in [6.07, 6.45) is 1.61. The average Bonchev–Trinajstić information content (AvgIpc) is 2.86. The van der Waals surface area contributed by atoms with Gasteiger partial charge in [-0.3, -0.25) is 4.79 Å². The predicted molar refractivity (Wildman–Crippen MR) is 67.7 cm³/mol. The second-order valence-corrected chi connectivity index (χ2v) is 4.12. The minimum absolute atomic E-state index is 0.142. The highest BCUT2D eigenvalue weighted by molar-refractivity contribution is 7.08. The third kappa shape index (κ3) is 3.04. The van der Waals surface area contributed by atoms with Gasteiger partial charge in [0.1, 0.15) is 10.6 Å². The number of nitrogens with one attached hydrogen (secondary N) is 1. The van der Waals surface area contributed by atoms with Crippen LogP contribution in [0.1, 0.15) is 16.6 Å². The van der Waals surface area contributed by atoms with Gasteiger partial charge in [0.05, 0.1) is 6.61 Å². The summed E-state index contributed by atoms with van der Waals surface area (Å²) in [4.78, 5) is 12.3. The molecular formula is C12H12N2O2S. The number of carbonyl (C=O) groups is 1. The Hall–Kier alpha value is -1.88. The molecule has 0 saturated carbocycles. The van der Waals surface area contributed by atoms with E-state index in [1.54, 1.807) is 12.3 Å². The number of ether oxygens (including phenoxy) is 1. The molecule has 0 aliphatic rings. The Morgan fingerprint density at radius 3 is 2.71 bits per heavy atom. The summed E-state index contributed by atoms with van der Waals surface area (Å²) >= 11 is 1.17. The molecule has 17 heavy (non-hydrogen) atoms. The molecule has 0 atom stereocenters. The van der Waals surface area contributed by atoms with Crippen molar-refractivity contribution in [2.75, 3.05) is 11.9 Å². The van der Waals surface area contributed by atoms with Gasteiger partial charge < -0.3 is 10.1 Å². The quantitative estimate of drug-likeness (QED) is 0.905. The largest absolute Gasteiger partial charge is 0.494 e. The summed E-state index contributed by atoms with van der Waals surface area (Å²) in [6.45, 7) is 2.56. The summed E-state index contributed by atoms with van der Waals surface area (Å²) in [5, 5.41) is 2.79. The molecule has 0 aliphatic carbocycles. The first-order valence-corrected chi connectivity index (χ1v) is 6.02. The van der Waals surface area contributed by atoms with Crippen LogP contribution in [0.15, 0.2) is 36.5 Å². The third-order valence-electron chi connectivity index (χ3n) is 2.08. The highest BCUT2D eigenvalue weighted by Crippen LogP contribution is 2.16. The Morgan fingerprint density at radius 1 is 1.35 bits per heavy atom. The number of hydrogen-bond donors (Lipinski definition) is 1. The molecule has 0 spiro atoms. The first-order chi connectivity index (χ1) is 8.29. The van der Waals surface area contributed by atoms with Crippen molar-refractivity contribution in [1.82, 2.24) is 4.37 Å². The molecule has 0 radical (unpaired) electrons. The van der Waals surface area contributed by atoms with Crippen LogP contribution >= 0.6 is 11.5 Å². The van der Waals surface area contributed by atoms with Gasteiger partial charge in [-0.05, 0) is 48.8 Å². The van der Waals surface area contributed by atoms with E-state index < -0.39 is 0 Å². The molecule has 0 fully saturated rings. The monoisotopic (exact) mass is 248 g/mol. The lowest BCUT2D eigenvalue weighted by atomic mass is 10.3. The summed E-state index contributed by atoms with van der Waals surface area (Å²) in [7, 11) is 0. The van der Waals surface area contributed by atoms with Crippen LogP contribution in [-0.4, -0.2) is 16.9 Å². The lowest BCUT2D eigenvalue weighted by Crippen LogP contribution is -2.09. The lowest BCUT2D eigenvalue weighted by Gasteiger charge is -2.05. The number of benzene rings is 1. The summed E-state index contributed by atoms with van der Waals surface area (Å²) in [6, 6.07) is 8.96. The molecule has 0 unspecified atom stereocenters. The van der Waals surface area contributed by atoms with Gasteiger partial charge in [0.25, 0.3) is 5.91 Å². The van der Waals surface area contributed by atoms with Crippen molar-refractivity contribution in [1.29, 1.82) is 0 Å². The average molecular weight is 248 g/mol. The minimum Gasteiger partial charge on any atom is -0.494 e. The smallest absolute Gasteiger partial charge is 0.267 e. The van der Waals surface area contributed by atoms with E-state index in [0.29, 0.717) is 11.5 Å². The fourth-order valence-electron chi connectivity index (χ4n) is 1.33. The Labute approximate surface area is 103 Å². The van der Waals surface area contributed by atoms with Crippen molar-refractivity contribution in [3.63, 3.8) is 0 Å². The molecular weight excluding hydrogens is 236 g/mol. The van der Waals surface area contributed by atoms with E-state index >= 15 is 0 Å². The summed E-state index contributed by atoms with van der Waals surface area (Å²) in [5.74, 6) is 0.653. The molecule has 1 aromatic carbocycles. The molecule has 1 N–H and O–H groups in total. The van der Waals surface area contributed by atoms with Gasteiger partial charge >= 0.3 is 0 Å². The zero-order chi connectivity index (χ0) is 12.1. The molecule has 4 nitrogen and oxygen atoms in total. The molecule has 5 heteroatoms. The number of anilines is 1. The van der Waals surface area contributed by atoms with E-state index in [-0.39, 0.29) is 5.91 Å². The van der Waals surface area contributed by atoms with Crippen LogP contribution in [0.4, 0.5) is 5.69 Å². The van der Waals surface area contributed by atoms with Gasteiger partial charge in [0, 0.05) is 11.9 Å². The van der Waals surface area contributed by atoms with Crippen LogP contribution in [0.2, 0.25) is 0 Å². The van der Waals surface area contributed by atoms with Crippen LogP contribution in [-0.2, 0) is 0 Å². The summed E-state index contributed by atoms with van der Waals surface area (Å²) < 4.78 is 9.20. The van der Waals surface area contributed by atoms with E-state index in [4.69, 9.17) is 4.74 Å². The number of aromatic nitrogens is 1. The molecule has 0 aliphatic heterocycles. The second kappa shape index (κ2) is 5.45. The van der Waals surface area contributed by atoms with Crippen molar-refractivity contribution in [3.05, 3.63) is 41.4 Å². The molecule has 0 saturated heterocycles. The molecule has 2 aromatic rings. The van der Waals surface area contributed by atoms with E-state index in [0.717, 1.165) is 11.4 Å². The SMILES string of the molecule is CCOc1ccc(NC(=O)c2ccns2)cc1. The van der Waals surface area contributed by atoms with Gasteiger partial charge in [-0.15, -0.1) is 0 Å². The third-order valence-corrected chi connectivity index (χ3v) is 2.83. The second-order valence-electron chi connectivity index (χ2n) is 3.29. The first-order valence-electron chi connectivity index (χ1n) is 5.24. The molecule has 1 amide bonds. The van der Waals surface area contributed by atoms with E-state index in [2.05, 4.69) is 9.69 Å². The summed E-state index contributed by atoms with van der Waals surface area (Å²) in [5.41, 5.74) is 0.742. The van der Waals surface area contributed by atoms with Crippen molar-refractivity contribution < 1.29 is 9.53 Å². The maximum atomic E-state index is 11.7. The molecule has 2 rings (SSSR count). The molecule has 1 aromatic heterocycles. The number of amides is 1. The van der Waals surface area contributed by atoms with E-state index in [1.807, 2.05) is 31.2 Å². The Balaban J connectivity index is 2.01. The van der Waals surface area contributed by atoms with Crippen LogP contribution < -0.4 is 10.1 Å². The van der Waals surface area contributed by atoms with Crippen molar-refractivity contribution in [2.24, 2.45) is 0 Å². The topological polar surface area (TPSA) is 51.2 Å². The first kappa shape index (κ1) is 11.6. The van der Waals surface area contributed by atoms with Crippen molar-refractivity contribution >= 4 is 23.1 Å². The Bertz CT molecular complexity index is 480. The molecule has 88 valence electrons. The molecule has 1 heterocycles. The van der Waals surface area contributed by atoms with Gasteiger partial charge in [0.2, 0.25) is 0 Å². The van der Waals surface area contributed by atoms with Crippen LogP contribution in [0.3, 0.4) is 0 Å². The predicted octanol–water partition coefficient (Wildman–Crippen LogP) is 2.79. The van der Waals surface area contributed by atoms with Crippen LogP contribution in [0, 0.1) is 0 Å². The highest BCUT2D eigenvalue weighted by atomic mass is 32.1. The van der Waals surface area contributed by atoms with Crippen molar-refractivity contribution in [2.45, 2.75) is 6.92 Å². The van der Waals surface area contributed by atoms with E-state index in [9.17, 15) is 4.79 Å². The maximum absolute atomic E-state index is 11.7. The Kier molecular flexibility index (Phi) is 3.72. The van der Waals surface area contributed by atoms with Gasteiger partial charge in [-0.2, -0.15) is 0 Å². The van der Waals surface area contributed by atoms with Crippen molar-refractivity contribution in [3.8, 4) is 5.75 Å². The lowest BCUT2D eigenvalue weighted by molar-refractivity contribution is 0.103. The zero-order valence-electron chi connectivity index (χ0n) is 9.34. The standard InChI is InChI=1S/C12H12N2O2S/c1-2-16-10-5-3-9(4-6-10)14-12(15)11-7-8-13-17-11/h3-8H,2H2,1H3,(H,14,15). The zero-order valence-corrected chi connectivity index (χ0v) is 10.2. The minimum atomic E-state index is -0.142. The molecule has 0 bridgehead atoms. The van der Waals surface area contributed by atoms with Gasteiger partial charge in [-0.1, -0.05) is 0 Å². The number of hydrogen-bond acceptors (Lipinski definition) is 4. The number of carbonyl (C=O) groups excluding carboxylic acids is 1. The number of rotatable bonds is 4. The fourth-order valence-corrected chi connectivity index (χ4v) is 1.82. The Morgan fingerprint density at radius 2 is 2.12 bits per heavy atom. The van der Waals surface area contributed by atoms with Crippen LogP contribution in [0.5, 0.6) is 5.75 Å². The normalized spacial score (nSPS) is 9.94. The van der Waals surface area contributed by atoms with Crippen LogP contribution in [0.25, 0.3) is 0 Å².